The van der Waals surface area contributed by atoms with Gasteiger partial charge in [0, 0.05) is 24.2 Å². The normalized spacial score (nSPS) is 20.6. The Morgan fingerprint density at radius 2 is 1.55 bits per heavy atom. The second-order valence-electron chi connectivity index (χ2n) is 6.22. The van der Waals surface area contributed by atoms with Gasteiger partial charge in [0.2, 0.25) is 0 Å². The second-order valence-corrected chi connectivity index (χ2v) is 6.22. The highest BCUT2D eigenvalue weighted by Gasteiger charge is 2.42. The Bertz CT molecular complexity index is 575. The number of hydrogen-bond acceptors (Lipinski definition) is 3. The Balaban J connectivity index is 1.74. The lowest BCUT2D eigenvalue weighted by atomic mass is 9.73. The van der Waals surface area contributed by atoms with E-state index >= 15 is 0 Å². The maximum absolute atomic E-state index is 9.11. The Morgan fingerprint density at radius 1 is 0.900 bits per heavy atom. The van der Waals surface area contributed by atoms with Crippen molar-refractivity contribution in [1.82, 2.24) is 0 Å². The van der Waals surface area contributed by atoms with Crippen LogP contribution in [0.3, 0.4) is 0 Å². The molecule has 3 nitrogen and oxygen atoms in total. The van der Waals surface area contributed by atoms with Crippen molar-refractivity contribution in [3.63, 3.8) is 0 Å². The summed E-state index contributed by atoms with van der Waals surface area (Å²) in [5.41, 5.74) is 2.58. The second kappa shape index (κ2) is 5.17. The summed E-state index contributed by atoms with van der Waals surface area (Å²) in [6, 6.07) is 9.80. The molecule has 1 aliphatic heterocycles. The van der Waals surface area contributed by atoms with Crippen molar-refractivity contribution in [3.8, 4) is 12.1 Å². The number of anilines is 1. The summed E-state index contributed by atoms with van der Waals surface area (Å²) in [6.07, 6.45) is 8.21. The molecule has 2 aliphatic rings. The lowest BCUT2D eigenvalue weighted by Crippen LogP contribution is -2.56. The summed E-state index contributed by atoms with van der Waals surface area (Å²) in [7, 11) is 0. The molecule has 1 aromatic carbocycles. The summed E-state index contributed by atoms with van der Waals surface area (Å²) in [5.74, 6) is 0. The molecule has 1 spiro atoms. The first kappa shape index (κ1) is 13.0. The molecule has 20 heavy (non-hydrogen) atoms. The van der Waals surface area contributed by atoms with Gasteiger partial charge in [-0.3, -0.25) is 0 Å². The van der Waals surface area contributed by atoms with Crippen molar-refractivity contribution in [2.75, 3.05) is 18.0 Å². The van der Waals surface area contributed by atoms with E-state index in [1.54, 1.807) is 6.07 Å². The average molecular weight is 265 g/mol. The van der Waals surface area contributed by atoms with Crippen molar-refractivity contribution in [3.05, 3.63) is 29.3 Å². The molecule has 1 saturated carbocycles. The summed E-state index contributed by atoms with van der Waals surface area (Å²) in [4.78, 5) is 2.35. The van der Waals surface area contributed by atoms with Gasteiger partial charge in [-0.2, -0.15) is 10.5 Å². The van der Waals surface area contributed by atoms with Gasteiger partial charge in [-0.25, -0.2) is 0 Å². The monoisotopic (exact) mass is 265 g/mol. The molecule has 1 heterocycles. The van der Waals surface area contributed by atoms with Gasteiger partial charge in [0.05, 0.1) is 11.1 Å². The Kier molecular flexibility index (Phi) is 3.36. The number of hydrogen-bond donors (Lipinski definition) is 0. The van der Waals surface area contributed by atoms with Gasteiger partial charge >= 0.3 is 0 Å². The van der Waals surface area contributed by atoms with Crippen LogP contribution in [-0.2, 0) is 0 Å². The highest BCUT2D eigenvalue weighted by Crippen LogP contribution is 2.44. The van der Waals surface area contributed by atoms with E-state index in [1.807, 2.05) is 12.1 Å². The molecule has 2 fully saturated rings. The van der Waals surface area contributed by atoms with Gasteiger partial charge < -0.3 is 4.90 Å². The van der Waals surface area contributed by atoms with Crippen LogP contribution in [0.4, 0.5) is 5.69 Å². The molecule has 0 atom stereocenters. The van der Waals surface area contributed by atoms with Crippen LogP contribution in [0.25, 0.3) is 0 Å². The third-order valence-corrected chi connectivity index (χ3v) is 4.83. The van der Waals surface area contributed by atoms with Crippen LogP contribution in [0.1, 0.15) is 49.7 Å². The van der Waals surface area contributed by atoms with Crippen molar-refractivity contribution < 1.29 is 0 Å². The molecule has 0 unspecified atom stereocenters. The molecule has 0 amide bonds. The van der Waals surface area contributed by atoms with Crippen molar-refractivity contribution in [1.29, 1.82) is 10.5 Å². The minimum absolute atomic E-state index is 0.473. The fraction of sp³-hybridized carbons (Fsp3) is 0.529. The Morgan fingerprint density at radius 3 is 2.15 bits per heavy atom. The molecule has 0 aromatic heterocycles. The van der Waals surface area contributed by atoms with E-state index in [0.29, 0.717) is 16.5 Å². The first-order chi connectivity index (χ1) is 9.76. The summed E-state index contributed by atoms with van der Waals surface area (Å²) >= 11 is 0. The van der Waals surface area contributed by atoms with Crippen LogP contribution in [0.2, 0.25) is 0 Å². The fourth-order valence-corrected chi connectivity index (χ4v) is 3.66. The molecular formula is C17H19N3. The number of benzene rings is 1. The van der Waals surface area contributed by atoms with E-state index in [1.165, 1.54) is 38.5 Å². The molecule has 1 saturated heterocycles. The lowest BCUT2D eigenvalue weighted by molar-refractivity contribution is 0.180. The first-order valence-corrected chi connectivity index (χ1v) is 7.46. The molecule has 102 valence electrons. The molecule has 3 rings (SSSR count). The van der Waals surface area contributed by atoms with Crippen LogP contribution in [0, 0.1) is 28.1 Å². The largest absolute Gasteiger partial charge is 0.370 e. The molecule has 1 aromatic rings. The third-order valence-electron chi connectivity index (χ3n) is 4.83. The number of nitriles is 2. The van der Waals surface area contributed by atoms with Crippen LogP contribution < -0.4 is 4.90 Å². The van der Waals surface area contributed by atoms with Gasteiger partial charge in [0.25, 0.3) is 0 Å². The first-order valence-electron chi connectivity index (χ1n) is 7.46. The van der Waals surface area contributed by atoms with Crippen molar-refractivity contribution in [2.45, 2.75) is 38.5 Å². The van der Waals surface area contributed by atoms with Crippen molar-refractivity contribution in [2.24, 2.45) is 5.41 Å². The average Bonchev–Trinajstić information content (AvgIpc) is 2.70. The smallest absolute Gasteiger partial charge is 0.101 e. The zero-order chi connectivity index (χ0) is 14.0. The lowest BCUT2D eigenvalue weighted by Gasteiger charge is -2.51. The van der Waals surface area contributed by atoms with E-state index in [9.17, 15) is 0 Å². The summed E-state index contributed by atoms with van der Waals surface area (Å²) in [5, 5.41) is 18.1. The zero-order valence-electron chi connectivity index (χ0n) is 11.7. The standard InChI is InChI=1S/C17H19N3/c18-10-14-5-6-16(9-15(14)11-19)20-12-17(13-20)7-3-1-2-4-8-17/h5-6,9H,1-4,7-8,12-13H2. The minimum atomic E-state index is 0.473. The Labute approximate surface area is 120 Å². The molecule has 1 aliphatic carbocycles. The van der Waals surface area contributed by atoms with E-state index in [-0.39, 0.29) is 0 Å². The highest BCUT2D eigenvalue weighted by atomic mass is 15.2. The molecular weight excluding hydrogens is 246 g/mol. The van der Waals surface area contributed by atoms with E-state index in [0.717, 1.165) is 18.8 Å². The number of rotatable bonds is 1. The quantitative estimate of drug-likeness (QED) is 0.779. The topological polar surface area (TPSA) is 50.8 Å². The van der Waals surface area contributed by atoms with Gasteiger partial charge in [0.15, 0.2) is 0 Å². The van der Waals surface area contributed by atoms with Gasteiger partial charge in [0.1, 0.15) is 12.1 Å². The molecule has 0 bridgehead atoms. The highest BCUT2D eigenvalue weighted by molar-refractivity contribution is 5.59. The SMILES string of the molecule is N#Cc1ccc(N2CC3(CCCCCC3)C2)cc1C#N. The van der Waals surface area contributed by atoms with Crippen molar-refractivity contribution >= 4 is 5.69 Å². The van der Waals surface area contributed by atoms with E-state index in [2.05, 4.69) is 17.0 Å². The fourth-order valence-electron chi connectivity index (χ4n) is 3.66. The minimum Gasteiger partial charge on any atom is -0.370 e. The molecule has 3 heteroatoms. The number of nitrogens with zero attached hydrogens (tertiary/aromatic N) is 3. The Hall–Kier alpha value is -2.00. The summed E-state index contributed by atoms with van der Waals surface area (Å²) in [6.45, 7) is 2.23. The maximum atomic E-state index is 9.11. The summed E-state index contributed by atoms with van der Waals surface area (Å²) < 4.78 is 0. The van der Waals surface area contributed by atoms with Gasteiger partial charge in [-0.05, 0) is 31.0 Å². The molecule has 0 radical (unpaired) electrons. The van der Waals surface area contributed by atoms with E-state index < -0.39 is 0 Å². The van der Waals surface area contributed by atoms with Crippen LogP contribution in [-0.4, -0.2) is 13.1 Å². The maximum Gasteiger partial charge on any atom is 0.101 e. The third kappa shape index (κ3) is 2.25. The molecule has 0 N–H and O–H groups in total. The van der Waals surface area contributed by atoms with Crippen LogP contribution >= 0.6 is 0 Å². The van der Waals surface area contributed by atoms with Gasteiger partial charge in [-0.15, -0.1) is 0 Å². The van der Waals surface area contributed by atoms with Gasteiger partial charge in [-0.1, -0.05) is 25.7 Å². The predicted molar refractivity (Wildman–Crippen MR) is 78.2 cm³/mol. The van der Waals surface area contributed by atoms with Crippen LogP contribution in [0.5, 0.6) is 0 Å². The van der Waals surface area contributed by atoms with E-state index in [4.69, 9.17) is 10.5 Å². The zero-order valence-corrected chi connectivity index (χ0v) is 11.7. The predicted octanol–water partition coefficient (Wildman–Crippen LogP) is 3.59. The van der Waals surface area contributed by atoms with Crippen LogP contribution in [0.15, 0.2) is 18.2 Å².